The number of benzene rings is 1. The van der Waals surface area contributed by atoms with Crippen molar-refractivity contribution in [3.63, 3.8) is 0 Å². The summed E-state index contributed by atoms with van der Waals surface area (Å²) in [6.45, 7) is 0. The van der Waals surface area contributed by atoms with Crippen LogP contribution in [-0.2, 0) is 4.79 Å². The molecule has 0 bridgehead atoms. The monoisotopic (exact) mass is 168 g/mol. The van der Waals surface area contributed by atoms with Crippen molar-refractivity contribution in [3.05, 3.63) is 35.6 Å². The van der Waals surface area contributed by atoms with E-state index in [9.17, 15) is 14.3 Å². The van der Waals surface area contributed by atoms with Crippen molar-refractivity contribution in [3.8, 4) is 0 Å². The normalized spacial score (nSPS) is 12.5. The van der Waals surface area contributed by atoms with E-state index in [0.29, 0.717) is 6.29 Å². The fraction of sp³-hybridized carbons (Fsp3) is 0.222. The molecule has 0 saturated heterocycles. The smallest absolute Gasteiger partial charge is 0.129 e. The van der Waals surface area contributed by atoms with Gasteiger partial charge in [-0.3, -0.25) is 0 Å². The molecule has 0 fully saturated rings. The van der Waals surface area contributed by atoms with Crippen molar-refractivity contribution >= 4 is 6.29 Å². The molecule has 1 aromatic rings. The van der Waals surface area contributed by atoms with Gasteiger partial charge in [-0.25, -0.2) is 4.39 Å². The molecule has 1 N–H and O–H groups in total. The average molecular weight is 168 g/mol. The quantitative estimate of drug-likeness (QED) is 0.693. The topological polar surface area (TPSA) is 37.3 Å². The van der Waals surface area contributed by atoms with Crippen molar-refractivity contribution in [2.45, 2.75) is 12.5 Å². The molecule has 1 aromatic carbocycles. The molecule has 1 atom stereocenters. The molecular weight excluding hydrogens is 159 g/mol. The van der Waals surface area contributed by atoms with Crippen LogP contribution in [0.3, 0.4) is 0 Å². The summed E-state index contributed by atoms with van der Waals surface area (Å²) < 4.78 is 12.9. The maximum atomic E-state index is 12.9. The number of hydrogen-bond donors (Lipinski definition) is 1. The van der Waals surface area contributed by atoms with Gasteiger partial charge in [-0.05, 0) is 6.07 Å². The van der Waals surface area contributed by atoms with Gasteiger partial charge in [0.25, 0.3) is 0 Å². The fourth-order valence-electron chi connectivity index (χ4n) is 0.963. The van der Waals surface area contributed by atoms with E-state index in [1.165, 1.54) is 18.2 Å². The van der Waals surface area contributed by atoms with Gasteiger partial charge in [0.15, 0.2) is 0 Å². The molecule has 0 aliphatic rings. The van der Waals surface area contributed by atoms with Crippen LogP contribution in [0.15, 0.2) is 24.3 Å². The molecule has 0 spiro atoms. The molecule has 0 aliphatic heterocycles. The predicted octanol–water partition coefficient (Wildman–Crippen LogP) is 1.45. The third-order valence-electron chi connectivity index (χ3n) is 1.58. The number of hydrogen-bond acceptors (Lipinski definition) is 2. The highest BCUT2D eigenvalue weighted by molar-refractivity contribution is 5.51. The summed E-state index contributed by atoms with van der Waals surface area (Å²) in [5, 5.41) is 9.23. The van der Waals surface area contributed by atoms with Gasteiger partial charge in [0.2, 0.25) is 0 Å². The Morgan fingerprint density at radius 3 is 2.75 bits per heavy atom. The van der Waals surface area contributed by atoms with Crippen LogP contribution in [0.2, 0.25) is 0 Å². The van der Waals surface area contributed by atoms with Gasteiger partial charge in [-0.15, -0.1) is 0 Å². The predicted molar refractivity (Wildman–Crippen MR) is 42.0 cm³/mol. The van der Waals surface area contributed by atoms with Crippen LogP contribution in [-0.4, -0.2) is 11.4 Å². The van der Waals surface area contributed by atoms with Gasteiger partial charge < -0.3 is 9.90 Å². The van der Waals surface area contributed by atoms with Crippen LogP contribution < -0.4 is 0 Å². The molecule has 64 valence electrons. The van der Waals surface area contributed by atoms with E-state index in [1.807, 2.05) is 0 Å². The highest BCUT2D eigenvalue weighted by atomic mass is 19.1. The zero-order valence-corrected chi connectivity index (χ0v) is 6.40. The first-order valence-corrected chi connectivity index (χ1v) is 3.62. The maximum absolute atomic E-state index is 12.9. The Hall–Kier alpha value is -1.22. The summed E-state index contributed by atoms with van der Waals surface area (Å²) in [6.07, 6.45) is -0.526. The van der Waals surface area contributed by atoms with E-state index in [1.54, 1.807) is 6.07 Å². The molecule has 0 heterocycles. The Labute approximate surface area is 69.6 Å². The largest absolute Gasteiger partial charge is 0.388 e. The number of aliphatic hydroxyl groups excluding tert-OH is 1. The minimum Gasteiger partial charge on any atom is -0.388 e. The van der Waals surface area contributed by atoms with Crippen LogP contribution >= 0.6 is 0 Å². The standard InChI is InChI=1S/C9H9FO2/c10-8-4-2-1-3-7(8)9(12)5-6-11/h1-4,6,9,12H,5H2. The number of rotatable bonds is 3. The molecule has 0 saturated carbocycles. The van der Waals surface area contributed by atoms with E-state index in [-0.39, 0.29) is 12.0 Å². The van der Waals surface area contributed by atoms with Crippen LogP contribution in [0, 0.1) is 5.82 Å². The van der Waals surface area contributed by atoms with Crippen molar-refractivity contribution in [1.82, 2.24) is 0 Å². The maximum Gasteiger partial charge on any atom is 0.129 e. The van der Waals surface area contributed by atoms with Crippen LogP contribution in [0.1, 0.15) is 18.1 Å². The zero-order chi connectivity index (χ0) is 8.97. The number of aldehydes is 1. The van der Waals surface area contributed by atoms with Crippen molar-refractivity contribution in [2.75, 3.05) is 0 Å². The third-order valence-corrected chi connectivity index (χ3v) is 1.58. The number of carbonyl (C=O) groups excluding carboxylic acids is 1. The molecule has 2 nitrogen and oxygen atoms in total. The SMILES string of the molecule is O=CCC(O)c1ccccc1F. The van der Waals surface area contributed by atoms with E-state index >= 15 is 0 Å². The summed E-state index contributed by atoms with van der Waals surface area (Å²) in [5.74, 6) is -0.480. The molecule has 12 heavy (non-hydrogen) atoms. The van der Waals surface area contributed by atoms with Crippen molar-refractivity contribution in [2.24, 2.45) is 0 Å². The lowest BCUT2D eigenvalue weighted by Gasteiger charge is -2.07. The fourth-order valence-corrected chi connectivity index (χ4v) is 0.963. The second-order valence-electron chi connectivity index (χ2n) is 2.44. The first-order chi connectivity index (χ1) is 5.75. The molecule has 0 aliphatic carbocycles. The van der Waals surface area contributed by atoms with Crippen molar-refractivity contribution in [1.29, 1.82) is 0 Å². The molecule has 0 amide bonds. The molecule has 3 heteroatoms. The summed E-state index contributed by atoms with van der Waals surface area (Å²) in [5.41, 5.74) is 0.171. The van der Waals surface area contributed by atoms with E-state index in [4.69, 9.17) is 0 Å². The number of carbonyl (C=O) groups is 1. The first-order valence-electron chi connectivity index (χ1n) is 3.62. The minimum absolute atomic E-state index is 0.0685. The van der Waals surface area contributed by atoms with Gasteiger partial charge in [-0.1, -0.05) is 18.2 Å². The highest BCUT2D eigenvalue weighted by Gasteiger charge is 2.10. The van der Waals surface area contributed by atoms with E-state index in [2.05, 4.69) is 0 Å². The molecular formula is C9H9FO2. The van der Waals surface area contributed by atoms with Crippen LogP contribution in [0.5, 0.6) is 0 Å². The van der Waals surface area contributed by atoms with Gasteiger partial charge >= 0.3 is 0 Å². The van der Waals surface area contributed by atoms with E-state index in [0.717, 1.165) is 0 Å². The summed E-state index contributed by atoms with van der Waals surface area (Å²) in [6, 6.07) is 5.87. The van der Waals surface area contributed by atoms with Gasteiger partial charge in [0.1, 0.15) is 12.1 Å². The average Bonchev–Trinajstić information content (AvgIpc) is 2.05. The van der Waals surface area contributed by atoms with Crippen LogP contribution in [0.25, 0.3) is 0 Å². The number of halogens is 1. The Morgan fingerprint density at radius 2 is 2.17 bits per heavy atom. The molecule has 0 radical (unpaired) electrons. The highest BCUT2D eigenvalue weighted by Crippen LogP contribution is 2.18. The lowest BCUT2D eigenvalue weighted by Crippen LogP contribution is -2.00. The second kappa shape index (κ2) is 3.97. The lowest BCUT2D eigenvalue weighted by atomic mass is 10.1. The Balaban J connectivity index is 2.86. The second-order valence-corrected chi connectivity index (χ2v) is 2.44. The number of aliphatic hydroxyl groups is 1. The summed E-state index contributed by atoms with van der Waals surface area (Å²) in [7, 11) is 0. The Morgan fingerprint density at radius 1 is 1.50 bits per heavy atom. The van der Waals surface area contributed by atoms with Gasteiger partial charge in [0.05, 0.1) is 6.10 Å². The minimum atomic E-state index is -1.02. The zero-order valence-electron chi connectivity index (χ0n) is 6.40. The van der Waals surface area contributed by atoms with Crippen molar-refractivity contribution < 1.29 is 14.3 Å². The lowest BCUT2D eigenvalue weighted by molar-refractivity contribution is -0.109. The van der Waals surface area contributed by atoms with Gasteiger partial charge in [-0.2, -0.15) is 0 Å². The Bertz CT molecular complexity index is 273. The van der Waals surface area contributed by atoms with Crippen LogP contribution in [0.4, 0.5) is 4.39 Å². The van der Waals surface area contributed by atoms with E-state index < -0.39 is 11.9 Å². The summed E-state index contributed by atoms with van der Waals surface area (Å²) in [4.78, 5) is 10.0. The van der Waals surface area contributed by atoms with Gasteiger partial charge in [0, 0.05) is 12.0 Å². The molecule has 1 unspecified atom stereocenters. The summed E-state index contributed by atoms with van der Waals surface area (Å²) >= 11 is 0. The Kier molecular flexibility index (Phi) is 2.94. The first kappa shape index (κ1) is 8.87. The molecule has 1 rings (SSSR count). The third kappa shape index (κ3) is 1.89. The molecule has 0 aromatic heterocycles.